The highest BCUT2D eigenvalue weighted by Crippen LogP contribution is 2.35. The molecule has 23 heavy (non-hydrogen) atoms. The number of benzene rings is 1. The second kappa shape index (κ2) is 7.82. The van der Waals surface area contributed by atoms with Crippen LogP contribution < -0.4 is 9.64 Å². The first kappa shape index (κ1) is 17.1. The van der Waals surface area contributed by atoms with Crippen molar-refractivity contribution in [3.05, 3.63) is 53.6 Å². The van der Waals surface area contributed by atoms with Crippen LogP contribution in [0.15, 0.2) is 42.5 Å². The highest BCUT2D eigenvalue weighted by Gasteiger charge is 2.24. The summed E-state index contributed by atoms with van der Waals surface area (Å²) in [6, 6.07) is 4.12. The van der Waals surface area contributed by atoms with E-state index in [0.717, 1.165) is 23.4 Å². The summed E-state index contributed by atoms with van der Waals surface area (Å²) in [5, 5.41) is 0. The lowest BCUT2D eigenvalue weighted by Gasteiger charge is -2.30. The quantitative estimate of drug-likeness (QED) is 0.722. The van der Waals surface area contributed by atoms with Crippen molar-refractivity contribution in [3.63, 3.8) is 0 Å². The van der Waals surface area contributed by atoms with Crippen LogP contribution in [-0.2, 0) is 11.2 Å². The first-order valence-corrected chi connectivity index (χ1v) is 8.03. The van der Waals surface area contributed by atoms with E-state index in [1.807, 2.05) is 37.8 Å². The molecule has 0 spiro atoms. The SMILES string of the molecule is C=CCOc1cc2c(cc1C=CC)N(CC=C(C)C)C(=O)CC2. The number of anilines is 1. The van der Waals surface area contributed by atoms with Crippen molar-refractivity contribution in [2.45, 2.75) is 33.6 Å². The number of fused-ring (bicyclic) bond motifs is 1. The van der Waals surface area contributed by atoms with Crippen LogP contribution in [-0.4, -0.2) is 19.1 Å². The van der Waals surface area contributed by atoms with Gasteiger partial charge in [0.2, 0.25) is 5.91 Å². The molecule has 0 radical (unpaired) electrons. The van der Waals surface area contributed by atoms with E-state index < -0.39 is 0 Å². The Morgan fingerprint density at radius 1 is 1.35 bits per heavy atom. The lowest BCUT2D eigenvalue weighted by molar-refractivity contribution is -0.118. The summed E-state index contributed by atoms with van der Waals surface area (Å²) in [7, 11) is 0. The van der Waals surface area contributed by atoms with Gasteiger partial charge in [0.05, 0.1) is 0 Å². The number of rotatable bonds is 6. The third-order valence-electron chi connectivity index (χ3n) is 3.80. The minimum atomic E-state index is 0.182. The standard InChI is InChI=1S/C20H25NO2/c1-5-7-17-13-18-16(14-19(17)23-12-6-2)8-9-20(22)21(18)11-10-15(3)4/h5-7,10,13-14H,2,8-9,11-12H2,1,3-4H3. The summed E-state index contributed by atoms with van der Waals surface area (Å²) in [5.41, 5.74) is 4.37. The van der Waals surface area contributed by atoms with E-state index in [9.17, 15) is 4.79 Å². The summed E-state index contributed by atoms with van der Waals surface area (Å²) < 4.78 is 5.78. The van der Waals surface area contributed by atoms with Gasteiger partial charge in [0.1, 0.15) is 12.4 Å². The Hall–Kier alpha value is -2.29. The van der Waals surface area contributed by atoms with Crippen LogP contribution in [0.2, 0.25) is 0 Å². The van der Waals surface area contributed by atoms with Gasteiger partial charge < -0.3 is 9.64 Å². The van der Waals surface area contributed by atoms with E-state index in [1.54, 1.807) is 6.08 Å². The molecule has 0 aromatic heterocycles. The summed E-state index contributed by atoms with van der Waals surface area (Å²) in [5.74, 6) is 1.03. The van der Waals surface area contributed by atoms with Gasteiger partial charge in [-0.3, -0.25) is 4.79 Å². The first-order chi connectivity index (χ1) is 11.1. The topological polar surface area (TPSA) is 29.5 Å². The highest BCUT2D eigenvalue weighted by atomic mass is 16.5. The number of carbonyl (C=O) groups is 1. The third-order valence-corrected chi connectivity index (χ3v) is 3.80. The van der Waals surface area contributed by atoms with Crippen LogP contribution in [0.25, 0.3) is 6.08 Å². The predicted molar refractivity (Wildman–Crippen MR) is 96.9 cm³/mol. The van der Waals surface area contributed by atoms with Crippen LogP contribution in [0.5, 0.6) is 5.75 Å². The third kappa shape index (κ3) is 4.13. The second-order valence-corrected chi connectivity index (χ2v) is 5.90. The zero-order chi connectivity index (χ0) is 16.8. The van der Waals surface area contributed by atoms with E-state index in [0.29, 0.717) is 19.6 Å². The minimum absolute atomic E-state index is 0.182. The van der Waals surface area contributed by atoms with Gasteiger partial charge in [0.25, 0.3) is 0 Å². The smallest absolute Gasteiger partial charge is 0.227 e. The van der Waals surface area contributed by atoms with E-state index in [2.05, 4.69) is 24.8 Å². The van der Waals surface area contributed by atoms with Crippen molar-refractivity contribution in [2.75, 3.05) is 18.1 Å². The van der Waals surface area contributed by atoms with Crippen molar-refractivity contribution in [2.24, 2.45) is 0 Å². The van der Waals surface area contributed by atoms with E-state index in [4.69, 9.17) is 4.74 Å². The number of hydrogen-bond donors (Lipinski definition) is 0. The Labute approximate surface area is 139 Å². The van der Waals surface area contributed by atoms with Gasteiger partial charge in [-0.05, 0) is 44.9 Å². The fourth-order valence-electron chi connectivity index (χ4n) is 2.65. The monoisotopic (exact) mass is 311 g/mol. The molecule has 0 saturated heterocycles. The van der Waals surface area contributed by atoms with Crippen molar-refractivity contribution >= 4 is 17.7 Å². The molecule has 122 valence electrons. The fourth-order valence-corrected chi connectivity index (χ4v) is 2.65. The molecular weight excluding hydrogens is 286 g/mol. The Kier molecular flexibility index (Phi) is 5.80. The lowest BCUT2D eigenvalue weighted by Crippen LogP contribution is -2.35. The van der Waals surface area contributed by atoms with Crippen molar-refractivity contribution < 1.29 is 9.53 Å². The summed E-state index contributed by atoms with van der Waals surface area (Å²) in [6.45, 7) is 10.9. The summed E-state index contributed by atoms with van der Waals surface area (Å²) in [4.78, 5) is 14.2. The molecule has 2 rings (SSSR count). The molecule has 0 aliphatic carbocycles. The number of ether oxygens (including phenoxy) is 1. The van der Waals surface area contributed by atoms with Crippen molar-refractivity contribution in [1.29, 1.82) is 0 Å². The molecule has 1 amide bonds. The number of amides is 1. The summed E-state index contributed by atoms with van der Waals surface area (Å²) in [6.07, 6.45) is 9.13. The molecular formula is C20H25NO2. The number of carbonyl (C=O) groups excluding carboxylic acids is 1. The normalized spacial score (nSPS) is 13.9. The van der Waals surface area contributed by atoms with Gasteiger partial charge in [0, 0.05) is 24.2 Å². The Morgan fingerprint density at radius 2 is 2.13 bits per heavy atom. The van der Waals surface area contributed by atoms with Crippen molar-refractivity contribution in [1.82, 2.24) is 0 Å². The Morgan fingerprint density at radius 3 is 2.78 bits per heavy atom. The molecule has 1 aliphatic heterocycles. The number of nitrogens with zero attached hydrogens (tertiary/aromatic N) is 1. The van der Waals surface area contributed by atoms with E-state index in [1.165, 1.54) is 11.1 Å². The number of allylic oxidation sites excluding steroid dienone is 2. The van der Waals surface area contributed by atoms with E-state index in [-0.39, 0.29) is 5.91 Å². The molecule has 3 nitrogen and oxygen atoms in total. The largest absolute Gasteiger partial charge is 0.489 e. The molecule has 1 heterocycles. The van der Waals surface area contributed by atoms with Gasteiger partial charge in [-0.1, -0.05) is 36.5 Å². The summed E-state index contributed by atoms with van der Waals surface area (Å²) >= 11 is 0. The lowest BCUT2D eigenvalue weighted by atomic mass is 9.97. The number of aryl methyl sites for hydroxylation is 1. The van der Waals surface area contributed by atoms with Gasteiger partial charge in [-0.15, -0.1) is 0 Å². The average Bonchev–Trinajstić information content (AvgIpc) is 2.52. The van der Waals surface area contributed by atoms with E-state index >= 15 is 0 Å². The van der Waals surface area contributed by atoms with Gasteiger partial charge >= 0.3 is 0 Å². The minimum Gasteiger partial charge on any atom is -0.489 e. The second-order valence-electron chi connectivity index (χ2n) is 5.90. The van der Waals surface area contributed by atoms with Crippen LogP contribution in [0.4, 0.5) is 5.69 Å². The van der Waals surface area contributed by atoms with Crippen molar-refractivity contribution in [3.8, 4) is 5.75 Å². The maximum Gasteiger partial charge on any atom is 0.227 e. The molecule has 0 unspecified atom stereocenters. The average molecular weight is 311 g/mol. The Bertz CT molecular complexity index is 652. The Balaban J connectivity index is 2.45. The predicted octanol–water partition coefficient (Wildman–Crippen LogP) is 4.53. The van der Waals surface area contributed by atoms with Crippen LogP contribution in [0.1, 0.15) is 38.3 Å². The molecule has 1 aromatic carbocycles. The van der Waals surface area contributed by atoms with Gasteiger partial charge in [-0.2, -0.15) is 0 Å². The number of hydrogen-bond acceptors (Lipinski definition) is 2. The molecule has 1 aromatic rings. The maximum absolute atomic E-state index is 12.3. The molecule has 0 N–H and O–H groups in total. The van der Waals surface area contributed by atoms with Gasteiger partial charge in [0.15, 0.2) is 0 Å². The first-order valence-electron chi connectivity index (χ1n) is 8.03. The fraction of sp³-hybridized carbons (Fsp3) is 0.350. The molecule has 0 saturated carbocycles. The zero-order valence-corrected chi connectivity index (χ0v) is 14.3. The molecule has 0 fully saturated rings. The highest BCUT2D eigenvalue weighted by molar-refractivity contribution is 5.97. The molecule has 1 aliphatic rings. The molecule has 3 heteroatoms. The zero-order valence-electron chi connectivity index (χ0n) is 14.3. The molecule has 0 atom stereocenters. The molecule has 0 bridgehead atoms. The van der Waals surface area contributed by atoms with Crippen LogP contribution in [0, 0.1) is 0 Å². The van der Waals surface area contributed by atoms with Crippen LogP contribution in [0.3, 0.4) is 0 Å². The van der Waals surface area contributed by atoms with Crippen LogP contribution >= 0.6 is 0 Å². The van der Waals surface area contributed by atoms with Gasteiger partial charge in [-0.25, -0.2) is 0 Å². The maximum atomic E-state index is 12.3.